The smallest absolute Gasteiger partial charge is 0.453 e. The number of nitrogens with zero attached hydrogens (tertiary/aromatic N) is 1. The zero-order chi connectivity index (χ0) is 26.3. The molecule has 0 aliphatic heterocycles. The lowest BCUT2D eigenvalue weighted by Crippen LogP contribution is -2.38. The van der Waals surface area contributed by atoms with Crippen molar-refractivity contribution in [1.82, 2.24) is 9.55 Å². The molecule has 36 heavy (non-hydrogen) atoms. The third-order valence-corrected chi connectivity index (χ3v) is 6.01. The number of aromatic amines is 1. The summed E-state index contributed by atoms with van der Waals surface area (Å²) in [6.45, 7) is -1.20. The second-order valence-electron chi connectivity index (χ2n) is 7.38. The van der Waals surface area contributed by atoms with Crippen molar-refractivity contribution >= 4 is 21.6 Å². The molecular formula is C22H14F6N2O5S. The van der Waals surface area contributed by atoms with E-state index in [0.29, 0.717) is 4.57 Å². The fraction of sp³-hybridized carbons (Fsp3) is 0.182. The Hall–Kier alpha value is -3.78. The van der Waals surface area contributed by atoms with Gasteiger partial charge in [-0.05, 0) is 42.0 Å². The number of halogens is 6. The highest BCUT2D eigenvalue weighted by Crippen LogP contribution is 2.40. The molecule has 4 aromatic rings. The maximum Gasteiger partial charge on any atom is 0.573 e. The van der Waals surface area contributed by atoms with Crippen molar-refractivity contribution in [3.63, 3.8) is 0 Å². The Morgan fingerprint density at radius 2 is 1.67 bits per heavy atom. The van der Waals surface area contributed by atoms with Crippen molar-refractivity contribution in [2.24, 2.45) is 0 Å². The number of alkyl halides is 6. The fourth-order valence-corrected chi connectivity index (χ4v) is 4.29. The summed E-state index contributed by atoms with van der Waals surface area (Å²) in [4.78, 5) is 26.4. The summed E-state index contributed by atoms with van der Waals surface area (Å²) in [5.74, 6) is -0.746. The second kappa shape index (κ2) is 9.35. The molecule has 0 spiro atoms. The molecular weight excluding hydrogens is 518 g/mol. The van der Waals surface area contributed by atoms with Crippen LogP contribution in [0.15, 0.2) is 64.2 Å². The van der Waals surface area contributed by atoms with Crippen LogP contribution in [0.5, 0.6) is 17.2 Å². The van der Waals surface area contributed by atoms with Crippen LogP contribution in [0, 0.1) is 0 Å². The van der Waals surface area contributed by atoms with E-state index in [4.69, 9.17) is 4.74 Å². The first-order chi connectivity index (χ1) is 16.8. The van der Waals surface area contributed by atoms with E-state index in [1.54, 1.807) is 18.2 Å². The van der Waals surface area contributed by atoms with E-state index in [1.807, 2.05) is 4.98 Å². The molecule has 0 saturated carbocycles. The predicted octanol–water partition coefficient (Wildman–Crippen LogP) is 5.03. The average molecular weight is 532 g/mol. The molecule has 2 heterocycles. The van der Waals surface area contributed by atoms with E-state index in [9.17, 15) is 41.0 Å². The van der Waals surface area contributed by atoms with E-state index in [0.717, 1.165) is 17.4 Å². The van der Waals surface area contributed by atoms with Crippen LogP contribution in [0.2, 0.25) is 0 Å². The SMILES string of the molecule is O=c1[nH]c(=O)n(CC(O)C(F)(F)F)c2cc(-c3ccc(Oc4ccccc4)c(OC(F)(F)F)c3)sc12. The maximum absolute atomic E-state index is 13.1. The second-order valence-corrected chi connectivity index (χ2v) is 8.43. The molecule has 1 atom stereocenters. The van der Waals surface area contributed by atoms with Gasteiger partial charge in [0.2, 0.25) is 0 Å². The number of aromatic nitrogens is 2. The minimum absolute atomic E-state index is 0.102. The monoisotopic (exact) mass is 532 g/mol. The lowest BCUT2D eigenvalue weighted by Gasteiger charge is -2.16. The summed E-state index contributed by atoms with van der Waals surface area (Å²) in [5, 5.41) is 9.40. The number of rotatable bonds is 6. The number of thiophene rings is 1. The van der Waals surface area contributed by atoms with Crippen molar-refractivity contribution in [2.75, 3.05) is 0 Å². The first-order valence-electron chi connectivity index (χ1n) is 9.96. The quantitative estimate of drug-likeness (QED) is 0.340. The van der Waals surface area contributed by atoms with E-state index in [1.165, 1.54) is 30.3 Å². The molecule has 14 heteroatoms. The zero-order valence-electron chi connectivity index (χ0n) is 17.7. The van der Waals surface area contributed by atoms with Crippen LogP contribution >= 0.6 is 11.3 Å². The third kappa shape index (κ3) is 5.54. The molecule has 2 N–H and O–H groups in total. The average Bonchev–Trinajstić information content (AvgIpc) is 3.23. The summed E-state index contributed by atoms with van der Waals surface area (Å²) >= 11 is 0.727. The van der Waals surface area contributed by atoms with Gasteiger partial charge >= 0.3 is 18.2 Å². The van der Waals surface area contributed by atoms with Crippen LogP contribution in [0.25, 0.3) is 20.7 Å². The van der Waals surface area contributed by atoms with Gasteiger partial charge in [0.25, 0.3) is 5.56 Å². The van der Waals surface area contributed by atoms with Crippen molar-refractivity contribution < 1.29 is 40.9 Å². The van der Waals surface area contributed by atoms with Crippen LogP contribution < -0.4 is 20.7 Å². The summed E-state index contributed by atoms with van der Waals surface area (Å²) < 4.78 is 87.6. The van der Waals surface area contributed by atoms with E-state index < -0.39 is 42.2 Å². The van der Waals surface area contributed by atoms with Gasteiger partial charge in [-0.1, -0.05) is 18.2 Å². The van der Waals surface area contributed by atoms with Gasteiger partial charge in [-0.3, -0.25) is 14.3 Å². The Labute approximate surface area is 200 Å². The number of para-hydroxylation sites is 1. The number of benzene rings is 2. The molecule has 4 rings (SSSR count). The van der Waals surface area contributed by atoms with Gasteiger partial charge < -0.3 is 14.6 Å². The van der Waals surface area contributed by atoms with Crippen molar-refractivity contribution in [3.8, 4) is 27.7 Å². The number of hydrogen-bond donors (Lipinski definition) is 2. The summed E-state index contributed by atoms with van der Waals surface area (Å²) in [5.41, 5.74) is -2.21. The first-order valence-corrected chi connectivity index (χ1v) is 10.8. The van der Waals surface area contributed by atoms with Crippen LogP contribution in [-0.4, -0.2) is 33.3 Å². The van der Waals surface area contributed by atoms with Gasteiger partial charge in [-0.2, -0.15) is 13.2 Å². The molecule has 190 valence electrons. The van der Waals surface area contributed by atoms with E-state index in [-0.39, 0.29) is 32.2 Å². The molecule has 0 amide bonds. The topological polar surface area (TPSA) is 93.6 Å². The fourth-order valence-electron chi connectivity index (χ4n) is 3.24. The van der Waals surface area contributed by atoms with Gasteiger partial charge in [0.05, 0.1) is 12.1 Å². The molecule has 2 aromatic heterocycles. The summed E-state index contributed by atoms with van der Waals surface area (Å²) in [7, 11) is 0. The Balaban J connectivity index is 1.80. The van der Waals surface area contributed by atoms with Crippen molar-refractivity contribution in [2.45, 2.75) is 25.2 Å². The molecule has 0 radical (unpaired) electrons. The number of H-pyrrole nitrogens is 1. The Morgan fingerprint density at radius 3 is 2.31 bits per heavy atom. The predicted molar refractivity (Wildman–Crippen MR) is 117 cm³/mol. The number of hydrogen-bond acceptors (Lipinski definition) is 6. The van der Waals surface area contributed by atoms with Crippen molar-refractivity contribution in [1.29, 1.82) is 0 Å². The molecule has 0 aliphatic rings. The van der Waals surface area contributed by atoms with Crippen LogP contribution in [0.4, 0.5) is 26.3 Å². The molecule has 0 aliphatic carbocycles. The number of ether oxygens (including phenoxy) is 2. The van der Waals surface area contributed by atoms with Gasteiger partial charge in [-0.15, -0.1) is 24.5 Å². The van der Waals surface area contributed by atoms with Crippen LogP contribution in [0.1, 0.15) is 0 Å². The highest BCUT2D eigenvalue weighted by molar-refractivity contribution is 7.22. The minimum Gasteiger partial charge on any atom is -0.453 e. The molecule has 0 bridgehead atoms. The van der Waals surface area contributed by atoms with Crippen LogP contribution in [0.3, 0.4) is 0 Å². The lowest BCUT2D eigenvalue weighted by molar-refractivity contribution is -0.275. The maximum atomic E-state index is 13.1. The van der Waals surface area contributed by atoms with Gasteiger partial charge in [0, 0.05) is 4.88 Å². The highest BCUT2D eigenvalue weighted by atomic mass is 32.1. The standard InChI is InChI=1S/C22H14F6N2O5S/c23-21(24,25)17(31)10-30-13-9-16(36-18(13)19(32)29-20(30)33)11-6-7-14(15(8-11)35-22(26,27)28)34-12-4-2-1-3-5-12/h1-9,17,31H,10H2,(H,29,32,33). The summed E-state index contributed by atoms with van der Waals surface area (Å²) in [6.07, 6.45) is -13.0. The minimum atomic E-state index is -5.07. The zero-order valence-corrected chi connectivity index (χ0v) is 18.5. The first kappa shape index (κ1) is 25.3. The summed E-state index contributed by atoms with van der Waals surface area (Å²) in [6, 6.07) is 12.6. The Kier molecular flexibility index (Phi) is 6.58. The normalized spacial score (nSPS) is 13.1. The van der Waals surface area contributed by atoms with Crippen molar-refractivity contribution in [3.05, 3.63) is 75.4 Å². The number of fused-ring (bicyclic) bond motifs is 1. The van der Waals surface area contributed by atoms with Gasteiger partial charge in [0.15, 0.2) is 17.6 Å². The van der Waals surface area contributed by atoms with E-state index >= 15 is 0 Å². The molecule has 2 aromatic carbocycles. The van der Waals surface area contributed by atoms with Gasteiger partial charge in [-0.25, -0.2) is 4.79 Å². The van der Waals surface area contributed by atoms with Crippen LogP contribution in [-0.2, 0) is 6.54 Å². The number of aliphatic hydroxyl groups is 1. The highest BCUT2D eigenvalue weighted by Gasteiger charge is 2.39. The number of nitrogens with one attached hydrogen (secondary N) is 1. The molecule has 0 fully saturated rings. The lowest BCUT2D eigenvalue weighted by atomic mass is 10.1. The Bertz CT molecular complexity index is 1510. The number of aliphatic hydroxyl groups excluding tert-OH is 1. The third-order valence-electron chi connectivity index (χ3n) is 4.83. The Morgan fingerprint density at radius 1 is 0.972 bits per heavy atom. The largest absolute Gasteiger partial charge is 0.573 e. The molecule has 0 saturated heterocycles. The van der Waals surface area contributed by atoms with Gasteiger partial charge in [0.1, 0.15) is 10.4 Å². The van der Waals surface area contributed by atoms with E-state index in [2.05, 4.69) is 4.74 Å². The molecule has 1 unspecified atom stereocenters. The molecule has 7 nitrogen and oxygen atoms in total.